The number of hydrogen-bond donors (Lipinski definition) is 2. The van der Waals surface area contributed by atoms with Crippen molar-refractivity contribution in [3.8, 4) is 0 Å². The number of nitrogens with zero attached hydrogens (tertiary/aromatic N) is 3. The van der Waals surface area contributed by atoms with Gasteiger partial charge in [-0.2, -0.15) is 10.1 Å². The highest BCUT2D eigenvalue weighted by Crippen LogP contribution is 2.32. The minimum Gasteiger partial charge on any atom is -0.384 e. The molecule has 0 saturated carbocycles. The number of hydrogen-bond acceptors (Lipinski definition) is 4. The summed E-state index contributed by atoms with van der Waals surface area (Å²) in [6.07, 6.45) is 0.828. The van der Waals surface area contributed by atoms with Gasteiger partial charge in [0.25, 0.3) is 0 Å². The molecule has 0 bridgehead atoms. The van der Waals surface area contributed by atoms with E-state index in [4.69, 9.17) is 5.73 Å². The van der Waals surface area contributed by atoms with Crippen LogP contribution in [0.1, 0.15) is 17.3 Å². The van der Waals surface area contributed by atoms with Gasteiger partial charge in [0.2, 0.25) is 5.95 Å². The van der Waals surface area contributed by atoms with Crippen LogP contribution in [0.3, 0.4) is 0 Å². The lowest BCUT2D eigenvalue weighted by atomic mass is 9.98. The number of nitrogens with two attached hydrogens (primary N) is 1. The van der Waals surface area contributed by atoms with Crippen LogP contribution >= 0.6 is 0 Å². The second-order valence-electron chi connectivity index (χ2n) is 4.38. The summed E-state index contributed by atoms with van der Waals surface area (Å²) in [6.45, 7) is 0.942. The first-order chi connectivity index (χ1) is 8.24. The predicted octanol–water partition coefficient (Wildman–Crippen LogP) is 1.15. The smallest absolute Gasteiger partial charge is 0.218 e. The zero-order valence-corrected chi connectivity index (χ0v) is 9.72. The van der Waals surface area contributed by atoms with Gasteiger partial charge in [-0.25, -0.2) is 4.68 Å². The average Bonchev–Trinajstić information content (AvgIpc) is 2.85. The van der Waals surface area contributed by atoms with Gasteiger partial charge >= 0.3 is 0 Å². The van der Waals surface area contributed by atoms with Gasteiger partial charge in [0.1, 0.15) is 0 Å². The summed E-state index contributed by atoms with van der Waals surface area (Å²) in [5.74, 6) is 1.72. The van der Waals surface area contributed by atoms with Crippen LogP contribution in [0.5, 0.6) is 0 Å². The Hall–Kier alpha value is -2.04. The van der Waals surface area contributed by atoms with Gasteiger partial charge < -0.3 is 11.1 Å². The van der Waals surface area contributed by atoms with Crippen LogP contribution < -0.4 is 11.1 Å². The fourth-order valence-electron chi connectivity index (χ4n) is 2.30. The molecule has 0 saturated heterocycles. The Morgan fingerprint density at radius 3 is 3.06 bits per heavy atom. The van der Waals surface area contributed by atoms with Gasteiger partial charge in [0.05, 0.1) is 0 Å². The van der Waals surface area contributed by atoms with Crippen molar-refractivity contribution in [1.29, 1.82) is 0 Å². The second-order valence-corrected chi connectivity index (χ2v) is 4.38. The number of nitrogen functional groups attached to an aromatic ring is 1. The molecule has 0 radical (unpaired) electrons. The largest absolute Gasteiger partial charge is 0.384 e. The Kier molecular flexibility index (Phi) is 2.24. The Bertz CT molecular complexity index is 526. The molecule has 2 aromatic rings. The van der Waals surface area contributed by atoms with Crippen LogP contribution in [0.15, 0.2) is 24.3 Å². The van der Waals surface area contributed by atoms with Crippen molar-refractivity contribution < 1.29 is 0 Å². The summed E-state index contributed by atoms with van der Waals surface area (Å²) in [5, 5.41) is 7.70. The normalized spacial score (nSPS) is 17.8. The number of aryl methyl sites for hydroxylation is 1. The van der Waals surface area contributed by atoms with E-state index in [1.807, 2.05) is 13.1 Å². The summed E-state index contributed by atoms with van der Waals surface area (Å²) in [7, 11) is 1.81. The van der Waals surface area contributed by atoms with Crippen LogP contribution in [-0.2, 0) is 13.5 Å². The van der Waals surface area contributed by atoms with E-state index in [1.165, 1.54) is 11.3 Å². The van der Waals surface area contributed by atoms with Gasteiger partial charge in [-0.3, -0.25) is 0 Å². The summed E-state index contributed by atoms with van der Waals surface area (Å²) < 4.78 is 1.61. The van der Waals surface area contributed by atoms with Crippen molar-refractivity contribution in [2.45, 2.75) is 12.3 Å². The first kappa shape index (κ1) is 10.1. The van der Waals surface area contributed by atoms with E-state index in [1.54, 1.807) is 4.68 Å². The highest BCUT2D eigenvalue weighted by atomic mass is 15.4. The molecule has 1 aromatic carbocycles. The monoisotopic (exact) mass is 229 g/mol. The highest BCUT2D eigenvalue weighted by Gasteiger charge is 2.23. The van der Waals surface area contributed by atoms with E-state index in [0.717, 1.165) is 18.8 Å². The molecule has 3 N–H and O–H groups in total. The van der Waals surface area contributed by atoms with E-state index in [0.29, 0.717) is 11.9 Å². The van der Waals surface area contributed by atoms with Gasteiger partial charge in [0, 0.05) is 31.6 Å². The van der Waals surface area contributed by atoms with Crippen LogP contribution in [0, 0.1) is 0 Å². The Balaban J connectivity index is 1.84. The van der Waals surface area contributed by atoms with E-state index in [-0.39, 0.29) is 0 Å². The Morgan fingerprint density at radius 1 is 1.47 bits per heavy atom. The van der Waals surface area contributed by atoms with Crippen molar-refractivity contribution in [1.82, 2.24) is 14.8 Å². The zero-order chi connectivity index (χ0) is 11.8. The number of rotatable bonds is 2. The molecule has 0 spiro atoms. The fraction of sp³-hybridized carbons (Fsp3) is 0.333. The Morgan fingerprint density at radius 2 is 2.29 bits per heavy atom. The number of benzene rings is 1. The Labute approximate surface area is 99.7 Å². The lowest BCUT2D eigenvalue weighted by Gasteiger charge is -2.06. The molecule has 0 amide bonds. The lowest BCUT2D eigenvalue weighted by molar-refractivity contribution is 0.688. The predicted molar refractivity (Wildman–Crippen MR) is 66.8 cm³/mol. The zero-order valence-electron chi connectivity index (χ0n) is 9.72. The van der Waals surface area contributed by atoms with E-state index in [9.17, 15) is 0 Å². The highest BCUT2D eigenvalue weighted by molar-refractivity contribution is 5.57. The van der Waals surface area contributed by atoms with Gasteiger partial charge in [0.15, 0.2) is 5.82 Å². The molecule has 0 aliphatic carbocycles. The van der Waals surface area contributed by atoms with Crippen LogP contribution in [0.25, 0.3) is 0 Å². The van der Waals surface area contributed by atoms with E-state index >= 15 is 0 Å². The molecule has 1 atom stereocenters. The molecule has 17 heavy (non-hydrogen) atoms. The molecule has 1 aliphatic rings. The molecule has 2 heterocycles. The maximum atomic E-state index is 5.68. The minimum absolute atomic E-state index is 0.438. The maximum Gasteiger partial charge on any atom is 0.218 e. The molecule has 0 fully saturated rings. The summed E-state index contributed by atoms with van der Waals surface area (Å²) in [6, 6.07) is 8.38. The van der Waals surface area contributed by atoms with Crippen molar-refractivity contribution in [3.05, 3.63) is 35.7 Å². The third-order valence-corrected chi connectivity index (χ3v) is 3.21. The van der Waals surface area contributed by atoms with E-state index in [2.05, 4.69) is 33.6 Å². The summed E-state index contributed by atoms with van der Waals surface area (Å²) in [4.78, 5) is 4.25. The molecular weight excluding hydrogens is 214 g/mol. The summed E-state index contributed by atoms with van der Waals surface area (Å²) in [5.41, 5.74) is 8.25. The molecular formula is C12H15N5. The maximum absolute atomic E-state index is 5.68. The quantitative estimate of drug-likeness (QED) is 0.810. The molecule has 1 aromatic heterocycles. The van der Waals surface area contributed by atoms with Gasteiger partial charge in [-0.05, 0) is 11.6 Å². The number of nitrogens with one attached hydrogen (secondary N) is 1. The average molecular weight is 229 g/mol. The molecule has 1 unspecified atom stereocenters. The fourth-order valence-corrected chi connectivity index (χ4v) is 2.30. The molecule has 5 nitrogen and oxygen atoms in total. The SMILES string of the molecule is Cn1nc(CC2CNc3ccccc32)nc1N. The first-order valence-corrected chi connectivity index (χ1v) is 5.72. The minimum atomic E-state index is 0.438. The summed E-state index contributed by atoms with van der Waals surface area (Å²) >= 11 is 0. The van der Waals surface area contributed by atoms with Gasteiger partial charge in [-0.1, -0.05) is 18.2 Å². The first-order valence-electron chi connectivity index (χ1n) is 5.72. The third kappa shape index (κ3) is 1.73. The lowest BCUT2D eigenvalue weighted by Crippen LogP contribution is -2.07. The molecule has 1 aliphatic heterocycles. The van der Waals surface area contributed by atoms with Crippen molar-refractivity contribution >= 4 is 11.6 Å². The van der Waals surface area contributed by atoms with Gasteiger partial charge in [-0.15, -0.1) is 0 Å². The number of fused-ring (bicyclic) bond motifs is 1. The van der Waals surface area contributed by atoms with Crippen molar-refractivity contribution in [2.24, 2.45) is 7.05 Å². The van der Waals surface area contributed by atoms with Crippen LogP contribution in [0.4, 0.5) is 11.6 Å². The second kappa shape index (κ2) is 3.76. The topological polar surface area (TPSA) is 68.8 Å². The van der Waals surface area contributed by atoms with E-state index < -0.39 is 0 Å². The van der Waals surface area contributed by atoms with Crippen LogP contribution in [0.2, 0.25) is 0 Å². The number of anilines is 2. The van der Waals surface area contributed by atoms with Crippen molar-refractivity contribution in [3.63, 3.8) is 0 Å². The van der Waals surface area contributed by atoms with Crippen molar-refractivity contribution in [2.75, 3.05) is 17.6 Å². The number of para-hydroxylation sites is 1. The standard InChI is InChI=1S/C12H15N5/c1-17-12(13)15-11(16-17)6-8-7-14-10-5-3-2-4-9(8)10/h2-5,8,14H,6-7H2,1H3,(H2,13,15,16). The molecule has 3 rings (SSSR count). The molecule has 88 valence electrons. The molecule has 5 heteroatoms. The van der Waals surface area contributed by atoms with Crippen LogP contribution in [-0.4, -0.2) is 21.3 Å². The third-order valence-electron chi connectivity index (χ3n) is 3.21. The number of aromatic nitrogens is 3.